The number of rotatable bonds is 7. The molecule has 2 rings (SSSR count). The zero-order chi connectivity index (χ0) is 20.7. The van der Waals surface area contributed by atoms with Crippen LogP contribution in [0.3, 0.4) is 0 Å². The molecule has 0 atom stereocenters. The van der Waals surface area contributed by atoms with Crippen LogP contribution >= 0.6 is 0 Å². The van der Waals surface area contributed by atoms with Gasteiger partial charge in [-0.25, -0.2) is 4.79 Å². The Morgan fingerprint density at radius 1 is 1.07 bits per heavy atom. The summed E-state index contributed by atoms with van der Waals surface area (Å²) in [6, 6.07) is 10.0. The molecule has 1 N–H and O–H groups in total. The molecular weight excluding hydrogens is 373 g/mol. The number of halogens is 3. The Labute approximate surface area is 162 Å². The second-order valence-corrected chi connectivity index (χ2v) is 6.19. The minimum absolute atomic E-state index is 0.295. The van der Waals surface area contributed by atoms with Crippen LogP contribution in [0.1, 0.15) is 16.7 Å². The van der Waals surface area contributed by atoms with E-state index in [4.69, 9.17) is 9.47 Å². The number of methoxy groups -OCH3 is 2. The largest absolute Gasteiger partial charge is 0.493 e. The molecule has 28 heavy (non-hydrogen) atoms. The van der Waals surface area contributed by atoms with E-state index in [9.17, 15) is 18.0 Å². The molecule has 0 fully saturated rings. The van der Waals surface area contributed by atoms with E-state index in [-0.39, 0.29) is 6.03 Å². The lowest BCUT2D eigenvalue weighted by molar-refractivity contribution is -0.137. The quantitative estimate of drug-likeness (QED) is 0.767. The maximum Gasteiger partial charge on any atom is 0.416 e. The van der Waals surface area contributed by atoms with Crippen molar-refractivity contribution in [2.45, 2.75) is 19.1 Å². The Bertz CT molecular complexity index is 792. The van der Waals surface area contributed by atoms with Gasteiger partial charge in [0.2, 0.25) is 0 Å². The van der Waals surface area contributed by atoms with E-state index in [1.54, 1.807) is 20.2 Å². The molecule has 0 heterocycles. The van der Waals surface area contributed by atoms with E-state index in [0.29, 0.717) is 36.6 Å². The lowest BCUT2D eigenvalue weighted by atomic mass is 10.1. The summed E-state index contributed by atoms with van der Waals surface area (Å²) in [6.07, 6.45) is -3.92. The molecule has 2 amide bonds. The SMILES string of the molecule is COc1cccc(CN(C)C(=O)NCCc2ccc(C(F)(F)F)cc2)c1OC. The van der Waals surface area contributed by atoms with Crippen molar-refractivity contribution in [2.24, 2.45) is 0 Å². The van der Waals surface area contributed by atoms with Crippen LogP contribution in [0.4, 0.5) is 18.0 Å². The van der Waals surface area contributed by atoms with Crippen LogP contribution in [-0.4, -0.2) is 38.7 Å². The summed E-state index contributed by atoms with van der Waals surface area (Å²) < 4.78 is 48.3. The summed E-state index contributed by atoms with van der Waals surface area (Å²) in [5.74, 6) is 1.14. The molecule has 2 aromatic rings. The number of hydrogen-bond donors (Lipinski definition) is 1. The number of nitrogens with one attached hydrogen (secondary N) is 1. The number of carbonyl (C=O) groups excluding carboxylic acids is 1. The number of urea groups is 1. The van der Waals surface area contributed by atoms with Crippen LogP contribution in [0, 0.1) is 0 Å². The van der Waals surface area contributed by atoms with Gasteiger partial charge in [0.1, 0.15) is 0 Å². The molecule has 0 aromatic heterocycles. The summed E-state index contributed by atoms with van der Waals surface area (Å²) in [4.78, 5) is 13.8. The third kappa shape index (κ3) is 5.55. The molecule has 2 aromatic carbocycles. The fraction of sp³-hybridized carbons (Fsp3) is 0.350. The van der Waals surface area contributed by atoms with E-state index in [0.717, 1.165) is 17.7 Å². The highest BCUT2D eigenvalue weighted by Gasteiger charge is 2.29. The number of carbonyl (C=O) groups is 1. The van der Waals surface area contributed by atoms with Crippen molar-refractivity contribution in [1.29, 1.82) is 0 Å². The predicted octanol–water partition coefficient (Wildman–Crippen LogP) is 4.11. The summed E-state index contributed by atoms with van der Waals surface area (Å²) in [5, 5.41) is 2.75. The number of nitrogens with zero attached hydrogens (tertiary/aromatic N) is 1. The lowest BCUT2D eigenvalue weighted by Crippen LogP contribution is -2.37. The first-order valence-electron chi connectivity index (χ1n) is 8.61. The highest BCUT2D eigenvalue weighted by Crippen LogP contribution is 2.31. The first-order valence-corrected chi connectivity index (χ1v) is 8.61. The van der Waals surface area contributed by atoms with E-state index < -0.39 is 11.7 Å². The van der Waals surface area contributed by atoms with Crippen molar-refractivity contribution in [3.8, 4) is 11.5 Å². The topological polar surface area (TPSA) is 50.8 Å². The van der Waals surface area contributed by atoms with Gasteiger partial charge in [0.15, 0.2) is 11.5 Å². The molecule has 0 radical (unpaired) electrons. The molecule has 0 aliphatic carbocycles. The van der Waals surface area contributed by atoms with Gasteiger partial charge in [0.25, 0.3) is 0 Å². The predicted molar refractivity (Wildman–Crippen MR) is 99.6 cm³/mol. The van der Waals surface area contributed by atoms with Crippen LogP contribution < -0.4 is 14.8 Å². The third-order valence-electron chi connectivity index (χ3n) is 4.21. The van der Waals surface area contributed by atoms with Crippen molar-refractivity contribution < 1.29 is 27.4 Å². The molecule has 152 valence electrons. The third-order valence-corrected chi connectivity index (χ3v) is 4.21. The van der Waals surface area contributed by atoms with Gasteiger partial charge in [-0.05, 0) is 30.2 Å². The summed E-state index contributed by atoms with van der Waals surface area (Å²) in [7, 11) is 4.72. The Morgan fingerprint density at radius 2 is 1.75 bits per heavy atom. The van der Waals surface area contributed by atoms with Crippen LogP contribution in [0.5, 0.6) is 11.5 Å². The molecular formula is C20H23F3N2O3. The maximum atomic E-state index is 12.6. The molecule has 5 nitrogen and oxygen atoms in total. The van der Waals surface area contributed by atoms with Gasteiger partial charge in [-0.2, -0.15) is 13.2 Å². The van der Waals surface area contributed by atoms with Crippen molar-refractivity contribution in [1.82, 2.24) is 10.2 Å². The minimum atomic E-state index is -4.35. The van der Waals surface area contributed by atoms with Gasteiger partial charge in [-0.3, -0.25) is 0 Å². The van der Waals surface area contributed by atoms with Crippen LogP contribution in [0.15, 0.2) is 42.5 Å². The fourth-order valence-corrected chi connectivity index (χ4v) is 2.71. The average molecular weight is 396 g/mol. The second kappa shape index (κ2) is 9.34. The number of hydrogen-bond acceptors (Lipinski definition) is 3. The van der Waals surface area contributed by atoms with Gasteiger partial charge < -0.3 is 19.7 Å². The zero-order valence-corrected chi connectivity index (χ0v) is 16.0. The van der Waals surface area contributed by atoms with Crippen molar-refractivity contribution in [3.63, 3.8) is 0 Å². The molecule has 8 heteroatoms. The smallest absolute Gasteiger partial charge is 0.416 e. The molecule has 0 saturated carbocycles. The number of benzene rings is 2. The fourth-order valence-electron chi connectivity index (χ4n) is 2.71. The van der Waals surface area contributed by atoms with Gasteiger partial charge in [-0.1, -0.05) is 24.3 Å². The molecule has 0 spiro atoms. The van der Waals surface area contributed by atoms with Crippen molar-refractivity contribution >= 4 is 6.03 Å². The molecule has 0 aliphatic rings. The van der Waals surface area contributed by atoms with E-state index in [1.807, 2.05) is 12.1 Å². The van der Waals surface area contributed by atoms with Crippen molar-refractivity contribution in [2.75, 3.05) is 27.8 Å². The first kappa shape index (κ1) is 21.4. The number of amides is 2. The standard InChI is InChI=1S/C20H23F3N2O3/c1-25(13-15-5-4-6-17(27-2)18(15)28-3)19(26)24-12-11-14-7-9-16(10-8-14)20(21,22)23/h4-10H,11-13H2,1-3H3,(H,24,26). The first-order chi connectivity index (χ1) is 13.3. The average Bonchev–Trinajstić information content (AvgIpc) is 2.67. The van der Waals surface area contributed by atoms with Crippen molar-refractivity contribution in [3.05, 3.63) is 59.2 Å². The van der Waals surface area contributed by atoms with Crippen LogP contribution in [-0.2, 0) is 19.1 Å². The van der Waals surface area contributed by atoms with Gasteiger partial charge in [-0.15, -0.1) is 0 Å². The highest BCUT2D eigenvalue weighted by molar-refractivity contribution is 5.74. The van der Waals surface area contributed by atoms with Gasteiger partial charge >= 0.3 is 12.2 Å². The number of para-hydroxylation sites is 1. The highest BCUT2D eigenvalue weighted by atomic mass is 19.4. The molecule has 0 saturated heterocycles. The molecule has 0 bridgehead atoms. The Kier molecular flexibility index (Phi) is 7.14. The van der Waals surface area contributed by atoms with E-state index in [2.05, 4.69) is 5.32 Å². The molecule has 0 unspecified atom stereocenters. The second-order valence-electron chi connectivity index (χ2n) is 6.19. The van der Waals surface area contributed by atoms with Gasteiger partial charge in [0.05, 0.1) is 26.3 Å². The Morgan fingerprint density at radius 3 is 2.32 bits per heavy atom. The zero-order valence-electron chi connectivity index (χ0n) is 16.0. The molecule has 0 aliphatic heterocycles. The van der Waals surface area contributed by atoms with E-state index in [1.165, 1.54) is 24.1 Å². The minimum Gasteiger partial charge on any atom is -0.493 e. The van der Waals surface area contributed by atoms with Gasteiger partial charge in [0, 0.05) is 19.2 Å². The summed E-state index contributed by atoms with van der Waals surface area (Å²) in [6.45, 7) is 0.621. The summed E-state index contributed by atoms with van der Waals surface area (Å²) in [5.41, 5.74) is 0.819. The monoisotopic (exact) mass is 396 g/mol. The maximum absolute atomic E-state index is 12.6. The van der Waals surface area contributed by atoms with Crippen LogP contribution in [0.2, 0.25) is 0 Å². The Hall–Kier alpha value is -2.90. The summed E-state index contributed by atoms with van der Waals surface area (Å²) >= 11 is 0. The van der Waals surface area contributed by atoms with E-state index >= 15 is 0 Å². The number of alkyl halides is 3. The number of ether oxygens (including phenoxy) is 2. The normalized spacial score (nSPS) is 11.1. The lowest BCUT2D eigenvalue weighted by Gasteiger charge is -2.20. The Balaban J connectivity index is 1.88. The van der Waals surface area contributed by atoms with Crippen LogP contribution in [0.25, 0.3) is 0 Å².